The first-order valence-electron chi connectivity index (χ1n) is 38.9. The van der Waals surface area contributed by atoms with E-state index in [0.717, 1.165) is 56.3 Å². The van der Waals surface area contributed by atoms with Gasteiger partial charge in [0.1, 0.15) is 0 Å². The lowest BCUT2D eigenvalue weighted by Crippen LogP contribution is -2.19. The molecule has 9 aromatic carbocycles. The van der Waals surface area contributed by atoms with E-state index in [0.29, 0.717) is 5.92 Å². The molecule has 2 atom stereocenters. The minimum absolute atomic E-state index is 0.101. The zero-order chi connectivity index (χ0) is 71.6. The summed E-state index contributed by atoms with van der Waals surface area (Å²) in [6.07, 6.45) is 29.5. The summed E-state index contributed by atoms with van der Waals surface area (Å²) in [4.78, 5) is 5.00. The van der Waals surface area contributed by atoms with Crippen LogP contribution >= 0.6 is 0 Å². The first-order valence-corrected chi connectivity index (χ1v) is 38.9. The Balaban J connectivity index is 0.961. The van der Waals surface area contributed by atoms with E-state index >= 15 is 0 Å². The highest BCUT2D eigenvalue weighted by Gasteiger charge is 2.28. The highest BCUT2D eigenvalue weighted by molar-refractivity contribution is 5.84. The molecule has 2 aliphatic rings. The number of aryl methyl sites for hydroxylation is 3. The van der Waals surface area contributed by atoms with E-state index < -0.39 is 0 Å². The lowest BCUT2D eigenvalue weighted by Gasteiger charge is -2.32. The average molecular weight is 1340 g/mol. The molecule has 2 nitrogen and oxygen atoms in total. The average Bonchev–Trinajstić information content (AvgIpc) is 0.764. The van der Waals surface area contributed by atoms with Gasteiger partial charge >= 0.3 is 0 Å². The van der Waals surface area contributed by atoms with Gasteiger partial charge in [-0.3, -0.25) is 0 Å². The molecule has 0 heterocycles. The van der Waals surface area contributed by atoms with Crippen LogP contribution in [0.1, 0.15) is 244 Å². The van der Waals surface area contributed by atoms with Crippen molar-refractivity contribution >= 4 is 28.4 Å². The number of anilines is 5. The second-order valence-corrected chi connectivity index (χ2v) is 32.8. The Kier molecular flexibility index (Phi) is 23.5. The number of benzene rings is 9. The van der Waals surface area contributed by atoms with E-state index in [9.17, 15) is 0 Å². The minimum Gasteiger partial charge on any atom is -0.311 e. The second-order valence-electron chi connectivity index (χ2n) is 32.8. The van der Waals surface area contributed by atoms with Crippen molar-refractivity contribution in [1.29, 1.82) is 0 Å². The van der Waals surface area contributed by atoms with Crippen molar-refractivity contribution in [3.63, 3.8) is 0 Å². The molecule has 11 rings (SSSR count). The Morgan fingerprint density at radius 1 is 0.376 bits per heavy atom. The summed E-state index contributed by atoms with van der Waals surface area (Å²) >= 11 is 0. The quantitative estimate of drug-likeness (QED) is 0.0474. The van der Waals surface area contributed by atoms with Gasteiger partial charge in [0.2, 0.25) is 0 Å². The maximum atomic E-state index is 2.71. The molecule has 9 aromatic rings. The molecule has 524 valence electrons. The summed E-state index contributed by atoms with van der Waals surface area (Å²) in [5, 5.41) is 0. The Hall–Kier alpha value is -8.46. The topological polar surface area (TPSA) is 6.48 Å². The molecule has 0 spiro atoms. The van der Waals surface area contributed by atoms with Gasteiger partial charge in [-0.25, -0.2) is 0 Å². The van der Waals surface area contributed by atoms with Crippen LogP contribution in [0.2, 0.25) is 0 Å². The van der Waals surface area contributed by atoms with Crippen LogP contribution in [0.25, 0.3) is 44.5 Å². The maximum Gasteiger partial charge on any atom is 0.0464 e. The summed E-state index contributed by atoms with van der Waals surface area (Å²) in [5.41, 5.74) is 32.0. The van der Waals surface area contributed by atoms with Gasteiger partial charge in [0.25, 0.3) is 0 Å². The molecule has 2 heteroatoms. The number of hydrogen-bond donors (Lipinski definition) is 0. The van der Waals surface area contributed by atoms with E-state index in [1.165, 1.54) is 174 Å². The summed E-state index contributed by atoms with van der Waals surface area (Å²) in [6.45, 7) is 37.2. The van der Waals surface area contributed by atoms with E-state index in [-0.39, 0.29) is 27.6 Å². The lowest BCUT2D eigenvalue weighted by molar-refractivity contribution is 0.435. The summed E-state index contributed by atoms with van der Waals surface area (Å²) in [6, 6.07) is 77.8. The fourth-order valence-corrected chi connectivity index (χ4v) is 15.2. The molecule has 2 aliphatic carbocycles. The van der Waals surface area contributed by atoms with Crippen LogP contribution in [0, 0.1) is 5.41 Å². The number of nitrogens with zero attached hydrogens (tertiary/aromatic N) is 2. The highest BCUT2D eigenvalue weighted by atomic mass is 15.2. The Labute approximate surface area is 611 Å². The van der Waals surface area contributed by atoms with Crippen molar-refractivity contribution in [2.75, 3.05) is 9.80 Å². The fraction of sp³-hybridized carbons (Fsp3) is 0.374. The molecule has 101 heavy (non-hydrogen) atoms. The van der Waals surface area contributed by atoms with Gasteiger partial charge in [-0.05, 0) is 248 Å². The number of hydrogen-bond acceptors (Lipinski definition) is 2. The smallest absolute Gasteiger partial charge is 0.0464 e. The maximum absolute atomic E-state index is 2.71. The van der Waals surface area contributed by atoms with Crippen molar-refractivity contribution in [1.82, 2.24) is 0 Å². The molecule has 2 unspecified atom stereocenters. The molecule has 0 amide bonds. The van der Waals surface area contributed by atoms with Crippen LogP contribution < -0.4 is 9.80 Å². The van der Waals surface area contributed by atoms with Crippen LogP contribution in [0.3, 0.4) is 0 Å². The fourth-order valence-electron chi connectivity index (χ4n) is 15.2. The third-order valence-corrected chi connectivity index (χ3v) is 22.9. The third-order valence-electron chi connectivity index (χ3n) is 22.9. The summed E-state index contributed by atoms with van der Waals surface area (Å²) in [7, 11) is 0. The van der Waals surface area contributed by atoms with Crippen molar-refractivity contribution < 1.29 is 0 Å². The van der Waals surface area contributed by atoms with E-state index in [2.05, 4.69) is 351 Å². The van der Waals surface area contributed by atoms with Gasteiger partial charge in [-0.2, -0.15) is 0 Å². The van der Waals surface area contributed by atoms with Crippen molar-refractivity contribution in [3.8, 4) is 44.5 Å². The molecule has 0 N–H and O–H groups in total. The largest absolute Gasteiger partial charge is 0.311 e. The zero-order valence-corrected chi connectivity index (χ0v) is 64.6. The third kappa shape index (κ3) is 17.4. The van der Waals surface area contributed by atoms with Crippen LogP contribution in [0.15, 0.2) is 247 Å². The van der Waals surface area contributed by atoms with E-state index in [1.807, 2.05) is 0 Å². The predicted molar refractivity (Wildman–Crippen MR) is 442 cm³/mol. The number of allylic oxidation sites excluding steroid dienone is 7. The van der Waals surface area contributed by atoms with Gasteiger partial charge in [-0.1, -0.05) is 312 Å². The number of rotatable bonds is 27. The molecule has 0 fully saturated rings. The Morgan fingerprint density at radius 2 is 0.812 bits per heavy atom. The monoisotopic (exact) mass is 1330 g/mol. The van der Waals surface area contributed by atoms with E-state index in [1.54, 1.807) is 0 Å². The highest BCUT2D eigenvalue weighted by Crippen LogP contribution is 2.46. The van der Waals surface area contributed by atoms with Crippen molar-refractivity contribution in [3.05, 3.63) is 292 Å². The van der Waals surface area contributed by atoms with Crippen LogP contribution in [0.4, 0.5) is 28.4 Å². The summed E-state index contributed by atoms with van der Waals surface area (Å²) in [5.74, 6) is 0.640. The predicted octanol–water partition coefficient (Wildman–Crippen LogP) is 29.5. The second kappa shape index (κ2) is 32.2. The Morgan fingerprint density at radius 3 is 1.24 bits per heavy atom. The SMILES string of the molecule is CCCCCCc1cc(C2CC=C(N(c3ccc(-c4ccc(C(C)(C)C)cc4)cc3)c3ccc(C4C=CC(C(C)(C)CC)=CC4)cc3)C=C2C)c(CCCCCC)cc1-c1ccc(N(c2ccc(-c3ccc(C(C)(C)C)cc3)cc2)c2ccc(-c3ccc(C(C)(C)CC)cc3)cc2)cc1CC. The first kappa shape index (κ1) is 73.8. The first-order chi connectivity index (χ1) is 48.5. The van der Waals surface area contributed by atoms with Gasteiger partial charge in [0.05, 0.1) is 0 Å². The number of unbranched alkanes of at least 4 members (excludes halogenated alkanes) is 6. The van der Waals surface area contributed by atoms with Crippen LogP contribution in [-0.2, 0) is 35.5 Å². The Bertz CT molecular complexity index is 4340. The summed E-state index contributed by atoms with van der Waals surface area (Å²) < 4.78 is 0. The molecule has 0 radical (unpaired) electrons. The molecule has 0 saturated heterocycles. The van der Waals surface area contributed by atoms with Gasteiger partial charge < -0.3 is 9.80 Å². The van der Waals surface area contributed by atoms with Crippen molar-refractivity contribution in [2.24, 2.45) is 5.41 Å². The van der Waals surface area contributed by atoms with Crippen LogP contribution in [-0.4, -0.2) is 0 Å². The van der Waals surface area contributed by atoms with Crippen LogP contribution in [0.5, 0.6) is 0 Å². The molecular formula is C99H118N2. The minimum atomic E-state index is 0.101. The van der Waals surface area contributed by atoms with E-state index in [4.69, 9.17) is 0 Å². The standard InChI is InChI=1S/C99H118N2/c1-17-22-24-26-28-80-69-95(93-65-63-91(67-71(93)19-3)101(88-58-42-77(43-59-88)73-32-48-83(49-33-73)97(10,11)12)89-60-44-79(45-61-89)75-36-52-85(53-37-75)99(15,16)21-5)81(29-27-25-23-18-2)68-94(80)92-64-62-90(66-70(92)6)100(86-54-38-76(39-55-86)72-30-46-82(47-31-72)96(7,8)9)87-56-40-78(41-57-87)74-34-50-84(51-35-74)98(13,14)20-4/h30-34,36-63,65-69,74,92H,17-29,35,64H2,1-16H3. The van der Waals surface area contributed by atoms with Gasteiger partial charge in [-0.15, -0.1) is 0 Å². The van der Waals surface area contributed by atoms with Gasteiger partial charge in [0, 0.05) is 46.0 Å². The molecule has 0 saturated carbocycles. The zero-order valence-electron chi connectivity index (χ0n) is 64.6. The lowest BCUT2D eigenvalue weighted by atomic mass is 9.77. The molecule has 0 aromatic heterocycles. The van der Waals surface area contributed by atoms with Crippen molar-refractivity contribution in [2.45, 2.75) is 235 Å². The molecular weight excluding hydrogens is 1220 g/mol. The molecule has 0 bridgehead atoms. The van der Waals surface area contributed by atoms with Gasteiger partial charge in [0.15, 0.2) is 0 Å². The molecule has 0 aliphatic heterocycles. The normalized spacial score (nSPS) is 15.1.